The number of nitrogens with zero attached hydrogens (tertiary/aromatic N) is 2. The minimum absolute atomic E-state index is 0. The molecule has 112 valence electrons. The fraction of sp³-hybridized carbons (Fsp3) is 0.571. The van der Waals surface area contributed by atoms with E-state index in [1.807, 2.05) is 14.1 Å². The zero-order valence-corrected chi connectivity index (χ0v) is 13.5. The predicted molar refractivity (Wildman–Crippen MR) is 69.0 cm³/mol. The molecular formula is C7H15ClN2O6P2S. The average molecular weight is 353 g/mol. The Labute approximate surface area is 120 Å². The Morgan fingerprint density at radius 2 is 1.74 bits per heavy atom. The molecule has 0 amide bonds. The van der Waals surface area contributed by atoms with E-state index in [1.54, 1.807) is 6.20 Å². The summed E-state index contributed by atoms with van der Waals surface area (Å²) >= 11 is 0.407. The first-order chi connectivity index (χ1) is 7.92. The molecule has 0 radical (unpaired) electrons. The summed E-state index contributed by atoms with van der Waals surface area (Å²) in [5, 5.41) is 0.198. The lowest BCUT2D eigenvalue weighted by Crippen LogP contribution is -3.00. The SMILES string of the molecule is C[N+]1(C)C=CC(SC(P(=O)(O)O)P(=O)(O)O)=NC1.[Cl-]. The second-order valence-electron chi connectivity index (χ2n) is 4.35. The monoisotopic (exact) mass is 352 g/mol. The maximum atomic E-state index is 11.1. The van der Waals surface area contributed by atoms with Gasteiger partial charge in [-0.1, -0.05) is 11.8 Å². The van der Waals surface area contributed by atoms with E-state index in [1.165, 1.54) is 6.08 Å². The molecule has 0 saturated carbocycles. The zero-order valence-electron chi connectivity index (χ0n) is 10.1. The van der Waals surface area contributed by atoms with Gasteiger partial charge >= 0.3 is 15.2 Å². The summed E-state index contributed by atoms with van der Waals surface area (Å²) in [4.78, 5) is 39.9. The van der Waals surface area contributed by atoms with Gasteiger partial charge < -0.3 is 32.0 Å². The van der Waals surface area contributed by atoms with Crippen LogP contribution in [0, 0.1) is 0 Å². The molecule has 4 N–H and O–H groups in total. The fourth-order valence-electron chi connectivity index (χ4n) is 1.14. The van der Waals surface area contributed by atoms with E-state index in [9.17, 15) is 9.13 Å². The number of rotatable bonds is 3. The Morgan fingerprint density at radius 3 is 2.05 bits per heavy atom. The van der Waals surface area contributed by atoms with Gasteiger partial charge in [0.15, 0.2) is 6.67 Å². The number of quaternary nitrogens is 1. The standard InChI is InChI=1S/C7H14N2O6P2S.ClH/c1-9(2)4-3-6(8-5-9)18-7(16(10,11)12)17(13,14)15;/h3-4,7H,5H2,1-2H3,(H3-,10,11,12,13,14,15);1H. The summed E-state index contributed by atoms with van der Waals surface area (Å²) in [6, 6.07) is 0. The maximum absolute atomic E-state index is 11.1. The molecule has 0 bridgehead atoms. The number of aliphatic imine (C=N–C) groups is 1. The molecule has 0 unspecified atom stereocenters. The van der Waals surface area contributed by atoms with Crippen molar-refractivity contribution in [2.75, 3.05) is 20.8 Å². The predicted octanol–water partition coefficient (Wildman–Crippen LogP) is -2.68. The lowest BCUT2D eigenvalue weighted by Gasteiger charge is -2.26. The molecule has 0 atom stereocenters. The normalized spacial score (nSPS) is 19.0. The lowest BCUT2D eigenvalue weighted by atomic mass is 10.5. The van der Waals surface area contributed by atoms with Gasteiger partial charge in [0.05, 0.1) is 20.3 Å². The van der Waals surface area contributed by atoms with E-state index in [4.69, 9.17) is 19.6 Å². The fourth-order valence-corrected chi connectivity index (χ4v) is 4.94. The van der Waals surface area contributed by atoms with Crippen LogP contribution in [0.15, 0.2) is 17.3 Å². The highest BCUT2D eigenvalue weighted by molar-refractivity contribution is 8.23. The average Bonchev–Trinajstić information content (AvgIpc) is 2.12. The Kier molecular flexibility index (Phi) is 6.49. The van der Waals surface area contributed by atoms with E-state index in [2.05, 4.69) is 4.99 Å². The van der Waals surface area contributed by atoms with Gasteiger partial charge in [0, 0.05) is 6.08 Å². The molecule has 1 aliphatic heterocycles. The summed E-state index contributed by atoms with van der Waals surface area (Å²) in [6.07, 6.45) is 3.22. The second kappa shape index (κ2) is 6.39. The van der Waals surface area contributed by atoms with E-state index >= 15 is 0 Å². The van der Waals surface area contributed by atoms with Crippen molar-refractivity contribution in [2.24, 2.45) is 4.99 Å². The number of hydrogen-bond acceptors (Lipinski definition) is 4. The quantitative estimate of drug-likeness (QED) is 0.322. The molecule has 0 aliphatic carbocycles. The lowest BCUT2D eigenvalue weighted by molar-refractivity contribution is -0.838. The van der Waals surface area contributed by atoms with Crippen LogP contribution in [0.25, 0.3) is 0 Å². The van der Waals surface area contributed by atoms with Gasteiger partial charge in [0.25, 0.3) is 0 Å². The number of thioether (sulfide) groups is 1. The first-order valence-electron chi connectivity index (χ1n) is 4.75. The molecular weight excluding hydrogens is 338 g/mol. The third-order valence-electron chi connectivity index (χ3n) is 2.01. The van der Waals surface area contributed by atoms with Crippen molar-refractivity contribution in [3.8, 4) is 0 Å². The highest BCUT2D eigenvalue weighted by atomic mass is 35.5. The molecule has 0 saturated heterocycles. The van der Waals surface area contributed by atoms with Crippen LogP contribution in [0.4, 0.5) is 0 Å². The second-order valence-corrected chi connectivity index (χ2v) is 9.98. The van der Waals surface area contributed by atoms with Gasteiger partial charge in [0.1, 0.15) is 5.04 Å². The molecule has 12 heteroatoms. The highest BCUT2D eigenvalue weighted by Gasteiger charge is 2.45. The van der Waals surface area contributed by atoms with Crippen molar-refractivity contribution in [1.29, 1.82) is 0 Å². The molecule has 0 spiro atoms. The molecule has 19 heavy (non-hydrogen) atoms. The van der Waals surface area contributed by atoms with Crippen molar-refractivity contribution >= 4 is 32.0 Å². The van der Waals surface area contributed by atoms with Crippen LogP contribution in [0.5, 0.6) is 0 Å². The maximum Gasteiger partial charge on any atom is 0.351 e. The zero-order chi connectivity index (χ0) is 14.2. The summed E-state index contributed by atoms with van der Waals surface area (Å²) < 4.78 is 20.5. The summed E-state index contributed by atoms with van der Waals surface area (Å²) in [6.45, 7) is 0.341. The Morgan fingerprint density at radius 1 is 1.26 bits per heavy atom. The number of hydrogen-bond donors (Lipinski definition) is 4. The molecule has 1 rings (SSSR count). The van der Waals surface area contributed by atoms with Crippen LogP contribution in [0.2, 0.25) is 0 Å². The van der Waals surface area contributed by atoms with Gasteiger partial charge in [-0.25, -0.2) is 4.99 Å². The summed E-state index contributed by atoms with van der Waals surface area (Å²) in [5.74, 6) is 0. The third kappa shape index (κ3) is 6.08. The Hall–Kier alpha value is 0.310. The molecule has 0 aromatic heterocycles. The van der Waals surface area contributed by atoms with Crippen LogP contribution in [-0.2, 0) is 9.13 Å². The van der Waals surface area contributed by atoms with Crippen molar-refractivity contribution in [1.82, 2.24) is 0 Å². The molecule has 0 fully saturated rings. The van der Waals surface area contributed by atoms with Crippen LogP contribution < -0.4 is 12.4 Å². The van der Waals surface area contributed by atoms with E-state index in [-0.39, 0.29) is 17.5 Å². The summed E-state index contributed by atoms with van der Waals surface area (Å²) in [5.41, 5.74) is 0. The largest absolute Gasteiger partial charge is 1.00 e. The van der Waals surface area contributed by atoms with Crippen LogP contribution in [0.1, 0.15) is 0 Å². The van der Waals surface area contributed by atoms with Gasteiger partial charge in [-0.15, -0.1) is 0 Å². The molecule has 0 aromatic carbocycles. The van der Waals surface area contributed by atoms with Gasteiger partial charge in [-0.2, -0.15) is 0 Å². The van der Waals surface area contributed by atoms with E-state index < -0.39 is 19.9 Å². The number of halogens is 1. The van der Waals surface area contributed by atoms with Gasteiger partial charge in [0.2, 0.25) is 4.73 Å². The van der Waals surface area contributed by atoms with Crippen LogP contribution in [0.3, 0.4) is 0 Å². The van der Waals surface area contributed by atoms with Crippen molar-refractivity contribution < 1.29 is 45.6 Å². The molecule has 0 aromatic rings. The smallest absolute Gasteiger partial charge is 0.351 e. The minimum Gasteiger partial charge on any atom is -1.00 e. The van der Waals surface area contributed by atoms with E-state index in [0.29, 0.717) is 22.9 Å². The topological polar surface area (TPSA) is 127 Å². The molecule has 1 aliphatic rings. The highest BCUT2D eigenvalue weighted by Crippen LogP contribution is 2.64. The first kappa shape index (κ1) is 19.3. The Bertz CT molecular complexity index is 462. The Balaban J connectivity index is 0.00000324. The van der Waals surface area contributed by atoms with Crippen molar-refractivity contribution in [3.63, 3.8) is 0 Å². The van der Waals surface area contributed by atoms with Gasteiger partial charge in [-0.3, -0.25) is 13.6 Å². The first-order valence-corrected chi connectivity index (χ1v) is 8.99. The van der Waals surface area contributed by atoms with Crippen molar-refractivity contribution in [3.05, 3.63) is 12.3 Å². The molecule has 1 heterocycles. The van der Waals surface area contributed by atoms with Crippen LogP contribution in [-0.4, -0.2) is 54.6 Å². The van der Waals surface area contributed by atoms with E-state index in [0.717, 1.165) is 0 Å². The summed E-state index contributed by atoms with van der Waals surface area (Å²) in [7, 11) is -6.10. The minimum atomic E-state index is -4.92. The van der Waals surface area contributed by atoms with Gasteiger partial charge in [-0.05, 0) is 0 Å². The van der Waals surface area contributed by atoms with Crippen molar-refractivity contribution in [2.45, 2.75) is 4.73 Å². The molecule has 8 nitrogen and oxygen atoms in total. The third-order valence-corrected chi connectivity index (χ3v) is 7.97. The van der Waals surface area contributed by atoms with Crippen LogP contribution >= 0.6 is 27.0 Å².